The second kappa shape index (κ2) is 12.6. The number of likely N-dealkylation sites (tertiary alicyclic amines) is 1. The van der Waals surface area contributed by atoms with Crippen LogP contribution in [0, 0.1) is 5.92 Å². The van der Waals surface area contributed by atoms with Crippen molar-refractivity contribution in [2.75, 3.05) is 27.2 Å². The minimum atomic E-state index is 0. The van der Waals surface area contributed by atoms with Crippen LogP contribution in [0.2, 0.25) is 0 Å². The van der Waals surface area contributed by atoms with E-state index in [0.717, 1.165) is 50.7 Å². The molecule has 2 heterocycles. The molecule has 0 unspecified atom stereocenters. The molecule has 2 aromatic rings. The Labute approximate surface area is 196 Å². The summed E-state index contributed by atoms with van der Waals surface area (Å²) < 4.78 is 2.20. The molecule has 3 rings (SSSR count). The summed E-state index contributed by atoms with van der Waals surface area (Å²) in [6.07, 6.45) is 7.52. The molecule has 1 fully saturated rings. The molecule has 7 nitrogen and oxygen atoms in total. The van der Waals surface area contributed by atoms with E-state index < -0.39 is 0 Å². The lowest BCUT2D eigenvalue weighted by Crippen LogP contribution is -2.46. The lowest BCUT2D eigenvalue weighted by atomic mass is 9.93. The first-order valence-corrected chi connectivity index (χ1v) is 10.4. The van der Waals surface area contributed by atoms with Crippen molar-refractivity contribution < 1.29 is 4.79 Å². The highest BCUT2D eigenvalue weighted by molar-refractivity contribution is 14.0. The first-order chi connectivity index (χ1) is 14.2. The molecule has 0 spiro atoms. The quantitative estimate of drug-likeness (QED) is 0.332. The molecule has 1 aromatic carbocycles. The Morgan fingerprint density at radius 2 is 1.97 bits per heavy atom. The van der Waals surface area contributed by atoms with Gasteiger partial charge in [0, 0.05) is 52.5 Å². The number of carbonyl (C=O) groups excluding carboxylic acids is 1. The average Bonchev–Trinajstić information content (AvgIpc) is 3.22. The van der Waals surface area contributed by atoms with Crippen LogP contribution in [0.3, 0.4) is 0 Å². The highest BCUT2D eigenvalue weighted by atomic mass is 127. The van der Waals surface area contributed by atoms with Crippen LogP contribution in [0.25, 0.3) is 0 Å². The minimum absolute atomic E-state index is 0. The van der Waals surface area contributed by atoms with Crippen molar-refractivity contribution in [3.8, 4) is 0 Å². The van der Waals surface area contributed by atoms with Crippen LogP contribution in [0.4, 0.5) is 0 Å². The second-order valence-electron chi connectivity index (χ2n) is 7.48. The van der Waals surface area contributed by atoms with Gasteiger partial charge in [0.15, 0.2) is 5.96 Å². The first kappa shape index (κ1) is 24.2. The molecular formula is C22H33IN6O. The maximum absolute atomic E-state index is 11.6. The van der Waals surface area contributed by atoms with Crippen molar-refractivity contribution in [3.63, 3.8) is 0 Å². The molecule has 0 atom stereocenters. The standard InChI is InChI=1S/C22H32N6O.HI/c1-23-21(29)16-19-9-13-28(14-10-19)22(24-2)26-17-20-25-11-15-27(20)12-8-18-6-4-3-5-7-18;/h3-7,11,15,19H,8-10,12-14,16-17H2,1-2H3,(H,23,29)(H,24,26);1H. The summed E-state index contributed by atoms with van der Waals surface area (Å²) in [6.45, 7) is 3.39. The van der Waals surface area contributed by atoms with Crippen molar-refractivity contribution >= 4 is 35.8 Å². The summed E-state index contributed by atoms with van der Waals surface area (Å²) in [4.78, 5) is 22.8. The van der Waals surface area contributed by atoms with Gasteiger partial charge in [-0.05, 0) is 30.7 Å². The van der Waals surface area contributed by atoms with Gasteiger partial charge in [0.2, 0.25) is 5.91 Å². The maximum atomic E-state index is 11.6. The summed E-state index contributed by atoms with van der Waals surface area (Å²) in [5.74, 6) is 2.51. The van der Waals surface area contributed by atoms with E-state index in [4.69, 9.17) is 0 Å². The SMILES string of the molecule is CN=C(NCc1nccn1CCc1ccccc1)N1CCC(CC(=O)NC)CC1.I. The second-order valence-corrected chi connectivity index (χ2v) is 7.48. The Morgan fingerprint density at radius 3 is 2.63 bits per heavy atom. The number of halogens is 1. The van der Waals surface area contributed by atoms with Gasteiger partial charge in [0.1, 0.15) is 5.82 Å². The number of piperidine rings is 1. The molecule has 164 valence electrons. The fourth-order valence-corrected chi connectivity index (χ4v) is 3.81. The van der Waals surface area contributed by atoms with Crippen LogP contribution in [0.15, 0.2) is 47.7 Å². The lowest BCUT2D eigenvalue weighted by Gasteiger charge is -2.34. The van der Waals surface area contributed by atoms with Crippen molar-refractivity contribution in [1.82, 2.24) is 25.1 Å². The molecule has 0 bridgehead atoms. The zero-order valence-corrected chi connectivity index (χ0v) is 20.2. The summed E-state index contributed by atoms with van der Waals surface area (Å²) in [6, 6.07) is 10.5. The third kappa shape index (κ3) is 7.00. The van der Waals surface area contributed by atoms with Crippen LogP contribution in [-0.4, -0.2) is 53.5 Å². The lowest BCUT2D eigenvalue weighted by molar-refractivity contribution is -0.121. The number of aliphatic imine (C=N–C) groups is 1. The van der Waals surface area contributed by atoms with E-state index in [0.29, 0.717) is 18.9 Å². The Balaban J connectivity index is 0.00000320. The van der Waals surface area contributed by atoms with E-state index >= 15 is 0 Å². The van der Waals surface area contributed by atoms with Crippen LogP contribution in [0.5, 0.6) is 0 Å². The van der Waals surface area contributed by atoms with E-state index in [1.54, 1.807) is 7.05 Å². The fourth-order valence-electron chi connectivity index (χ4n) is 3.81. The molecular weight excluding hydrogens is 491 g/mol. The number of rotatable bonds is 7. The van der Waals surface area contributed by atoms with Crippen LogP contribution >= 0.6 is 24.0 Å². The average molecular weight is 524 g/mol. The predicted octanol–water partition coefficient (Wildman–Crippen LogP) is 2.67. The van der Waals surface area contributed by atoms with Gasteiger partial charge in [-0.3, -0.25) is 9.79 Å². The number of amides is 1. The molecule has 2 N–H and O–H groups in total. The van der Waals surface area contributed by atoms with E-state index in [1.165, 1.54) is 5.56 Å². The van der Waals surface area contributed by atoms with Crippen molar-refractivity contribution in [3.05, 3.63) is 54.1 Å². The number of aryl methyl sites for hydroxylation is 2. The predicted molar refractivity (Wildman–Crippen MR) is 131 cm³/mol. The number of nitrogens with one attached hydrogen (secondary N) is 2. The van der Waals surface area contributed by atoms with Gasteiger partial charge in [-0.2, -0.15) is 0 Å². The number of hydrogen-bond donors (Lipinski definition) is 2. The topological polar surface area (TPSA) is 74.5 Å². The van der Waals surface area contributed by atoms with E-state index in [-0.39, 0.29) is 29.9 Å². The zero-order chi connectivity index (χ0) is 20.5. The molecule has 30 heavy (non-hydrogen) atoms. The fraction of sp³-hybridized carbons (Fsp3) is 0.500. The number of aromatic nitrogens is 2. The Morgan fingerprint density at radius 1 is 1.23 bits per heavy atom. The summed E-state index contributed by atoms with van der Waals surface area (Å²) in [5, 5.41) is 6.18. The third-order valence-electron chi connectivity index (χ3n) is 5.57. The molecule has 8 heteroatoms. The highest BCUT2D eigenvalue weighted by Gasteiger charge is 2.23. The number of carbonyl (C=O) groups is 1. The summed E-state index contributed by atoms with van der Waals surface area (Å²) >= 11 is 0. The summed E-state index contributed by atoms with van der Waals surface area (Å²) in [7, 11) is 3.52. The van der Waals surface area contributed by atoms with Gasteiger partial charge in [-0.1, -0.05) is 30.3 Å². The number of nitrogens with zero attached hydrogens (tertiary/aromatic N) is 4. The molecule has 0 aliphatic carbocycles. The number of benzene rings is 1. The summed E-state index contributed by atoms with van der Waals surface area (Å²) in [5.41, 5.74) is 1.33. The van der Waals surface area contributed by atoms with Gasteiger partial charge in [0.05, 0.1) is 6.54 Å². The largest absolute Gasteiger partial charge is 0.359 e. The minimum Gasteiger partial charge on any atom is -0.359 e. The molecule has 1 amide bonds. The number of hydrogen-bond acceptors (Lipinski definition) is 3. The molecule has 1 aromatic heterocycles. The van der Waals surface area contributed by atoms with Gasteiger partial charge in [-0.15, -0.1) is 24.0 Å². The van der Waals surface area contributed by atoms with Crippen LogP contribution in [-0.2, 0) is 24.3 Å². The van der Waals surface area contributed by atoms with E-state index in [2.05, 4.69) is 54.3 Å². The van der Waals surface area contributed by atoms with Crippen molar-refractivity contribution in [1.29, 1.82) is 0 Å². The first-order valence-electron chi connectivity index (χ1n) is 10.4. The monoisotopic (exact) mass is 524 g/mol. The molecule has 1 aliphatic rings. The van der Waals surface area contributed by atoms with Gasteiger partial charge < -0.3 is 20.1 Å². The third-order valence-corrected chi connectivity index (χ3v) is 5.57. The van der Waals surface area contributed by atoms with E-state index in [9.17, 15) is 4.79 Å². The maximum Gasteiger partial charge on any atom is 0.220 e. The number of guanidine groups is 1. The molecule has 0 radical (unpaired) electrons. The van der Waals surface area contributed by atoms with Gasteiger partial charge in [-0.25, -0.2) is 4.98 Å². The number of imidazole rings is 1. The van der Waals surface area contributed by atoms with Crippen LogP contribution < -0.4 is 10.6 Å². The van der Waals surface area contributed by atoms with Gasteiger partial charge in [0.25, 0.3) is 0 Å². The Kier molecular flexibility index (Phi) is 10.1. The Hall–Kier alpha value is -2.10. The smallest absolute Gasteiger partial charge is 0.220 e. The van der Waals surface area contributed by atoms with Gasteiger partial charge >= 0.3 is 0 Å². The molecule has 1 saturated heterocycles. The zero-order valence-electron chi connectivity index (χ0n) is 17.9. The van der Waals surface area contributed by atoms with Crippen molar-refractivity contribution in [2.45, 2.75) is 38.8 Å². The van der Waals surface area contributed by atoms with Crippen molar-refractivity contribution in [2.24, 2.45) is 10.9 Å². The normalized spacial score (nSPS) is 14.9. The van der Waals surface area contributed by atoms with Crippen LogP contribution in [0.1, 0.15) is 30.7 Å². The molecule has 0 saturated carbocycles. The van der Waals surface area contributed by atoms with E-state index in [1.807, 2.05) is 25.5 Å². The highest BCUT2D eigenvalue weighted by Crippen LogP contribution is 2.20. The molecule has 1 aliphatic heterocycles. The Bertz CT molecular complexity index is 799.